The van der Waals surface area contributed by atoms with Crippen LogP contribution in [0.5, 0.6) is 6.01 Å². The van der Waals surface area contributed by atoms with E-state index in [-0.39, 0.29) is 82.4 Å². The number of ether oxygens (including phenoxy) is 1. The summed E-state index contributed by atoms with van der Waals surface area (Å²) >= 11 is 0.747. The summed E-state index contributed by atoms with van der Waals surface area (Å²) in [7, 11) is 0. The molecule has 2 bridgehead atoms. The summed E-state index contributed by atoms with van der Waals surface area (Å²) in [6.45, 7) is 2.56. The van der Waals surface area contributed by atoms with E-state index in [2.05, 4.69) is 20.3 Å². The molecule has 4 aromatic rings. The number of thiazole rings is 1. The van der Waals surface area contributed by atoms with Crippen molar-refractivity contribution in [2.75, 3.05) is 36.9 Å². The fourth-order valence-electron chi connectivity index (χ4n) is 8.63. The quantitative estimate of drug-likeness (QED) is 0.193. The summed E-state index contributed by atoms with van der Waals surface area (Å²) in [5, 5.41) is 2.98. The zero-order valence-electron chi connectivity index (χ0n) is 26.5. The molecule has 0 amide bonds. The van der Waals surface area contributed by atoms with E-state index in [4.69, 9.17) is 10.5 Å². The SMILES string of the molecule is CC(F)CNC1C[C@H]2CC[C@@H]1N2c1nc(OC[C@@]23CCCN2C[C@H](F)C3)nc2c(F)c(-c3ccc(F)c4sc(N)nc34)c(C(F)(F)F)cc12. The lowest BCUT2D eigenvalue weighted by molar-refractivity contribution is -0.137. The molecular weight excluding hydrogens is 675 g/mol. The van der Waals surface area contributed by atoms with Crippen LogP contribution in [0.15, 0.2) is 18.2 Å². The predicted octanol–water partition coefficient (Wildman–Crippen LogP) is 6.80. The fourth-order valence-corrected chi connectivity index (χ4v) is 9.40. The minimum atomic E-state index is -5.04. The molecule has 4 saturated heterocycles. The molecule has 2 unspecified atom stereocenters. The summed E-state index contributed by atoms with van der Waals surface area (Å²) in [6.07, 6.45) is -3.38. The number of alkyl halides is 5. The van der Waals surface area contributed by atoms with Gasteiger partial charge in [0.05, 0.1) is 21.3 Å². The maximum Gasteiger partial charge on any atom is 0.417 e. The van der Waals surface area contributed by atoms with Gasteiger partial charge in [0.1, 0.15) is 36.1 Å². The highest BCUT2D eigenvalue weighted by atomic mass is 32.1. The standard InChI is InChI=1S/C33H34F7N7OS/c1-15(34)12-42-22-9-17-3-6-23(22)47(17)29-19-10-20(33(38,39)40)24(18-4-5-21(36)28-27(18)43-30(41)49-28)25(37)26(19)44-31(45-29)48-14-32-7-2-8-46(32)13-16(35)11-32/h4-5,10,15-17,22-23,42H,2-3,6-9,11-14H2,1H3,(H2,41,43)/t15?,16-,17-,22?,23+,32+/m1/s1. The van der Waals surface area contributed by atoms with E-state index in [9.17, 15) is 26.3 Å². The van der Waals surface area contributed by atoms with E-state index in [0.717, 1.165) is 42.4 Å². The van der Waals surface area contributed by atoms with E-state index >= 15 is 4.39 Å². The number of rotatable bonds is 8. The van der Waals surface area contributed by atoms with Crippen molar-refractivity contribution in [2.24, 2.45) is 0 Å². The van der Waals surface area contributed by atoms with Gasteiger partial charge in [0.25, 0.3) is 0 Å². The van der Waals surface area contributed by atoms with Gasteiger partial charge in [-0.2, -0.15) is 23.1 Å². The molecular formula is C33H34F7N7OS. The Morgan fingerprint density at radius 3 is 2.76 bits per heavy atom. The molecule has 49 heavy (non-hydrogen) atoms. The van der Waals surface area contributed by atoms with E-state index in [1.54, 1.807) is 0 Å². The Bertz CT molecular complexity index is 1940. The van der Waals surface area contributed by atoms with Crippen molar-refractivity contribution in [2.45, 2.75) is 87.6 Å². The molecule has 4 aliphatic heterocycles. The highest BCUT2D eigenvalue weighted by molar-refractivity contribution is 7.22. The zero-order valence-corrected chi connectivity index (χ0v) is 27.3. The number of fused-ring (bicyclic) bond motifs is 5. The van der Waals surface area contributed by atoms with E-state index < -0.39 is 52.3 Å². The summed E-state index contributed by atoms with van der Waals surface area (Å²) in [4.78, 5) is 17.0. The van der Waals surface area contributed by atoms with Crippen molar-refractivity contribution < 1.29 is 35.5 Å². The third-order valence-corrected chi connectivity index (χ3v) is 11.5. The molecule has 0 radical (unpaired) electrons. The lowest BCUT2D eigenvalue weighted by Gasteiger charge is -2.31. The number of aromatic nitrogens is 3. The second-order valence-corrected chi connectivity index (χ2v) is 14.8. The van der Waals surface area contributed by atoms with Crippen LogP contribution in [0.4, 0.5) is 41.7 Å². The van der Waals surface area contributed by atoms with Crippen molar-refractivity contribution in [1.29, 1.82) is 0 Å². The molecule has 0 saturated carbocycles. The van der Waals surface area contributed by atoms with E-state index in [1.807, 2.05) is 9.80 Å². The second-order valence-electron chi connectivity index (χ2n) is 13.8. The Morgan fingerprint density at radius 1 is 1.16 bits per heavy atom. The first kappa shape index (κ1) is 32.7. The number of nitrogens with two attached hydrogens (primary N) is 1. The molecule has 6 heterocycles. The van der Waals surface area contributed by atoms with Gasteiger partial charge in [-0.05, 0) is 63.8 Å². The number of nitrogen functional groups attached to an aromatic ring is 1. The van der Waals surface area contributed by atoms with Crippen LogP contribution in [-0.4, -0.2) is 82.1 Å². The summed E-state index contributed by atoms with van der Waals surface area (Å²) in [6, 6.07) is 2.05. The average molecular weight is 710 g/mol. The molecule has 2 aromatic carbocycles. The molecule has 8 rings (SSSR count). The van der Waals surface area contributed by atoms with Crippen molar-refractivity contribution in [3.8, 4) is 17.1 Å². The topological polar surface area (TPSA) is 92.4 Å². The number of nitrogens with one attached hydrogen (secondary N) is 1. The van der Waals surface area contributed by atoms with Gasteiger partial charge in [0.15, 0.2) is 10.9 Å². The minimum Gasteiger partial charge on any atom is -0.461 e. The number of hydrogen-bond acceptors (Lipinski definition) is 9. The molecule has 16 heteroatoms. The zero-order chi connectivity index (χ0) is 34.4. The predicted molar refractivity (Wildman–Crippen MR) is 172 cm³/mol. The molecule has 0 aliphatic carbocycles. The lowest BCUT2D eigenvalue weighted by atomic mass is 9.95. The first-order chi connectivity index (χ1) is 23.3. The number of nitrogens with zero attached hydrogens (tertiary/aromatic N) is 5. The third kappa shape index (κ3) is 5.44. The van der Waals surface area contributed by atoms with Gasteiger partial charge >= 0.3 is 12.2 Å². The Morgan fingerprint density at radius 2 is 1.98 bits per heavy atom. The first-order valence-corrected chi connectivity index (χ1v) is 17.3. The molecule has 3 N–H and O–H groups in total. The van der Waals surface area contributed by atoms with Crippen molar-refractivity contribution in [1.82, 2.24) is 25.2 Å². The Kier molecular flexibility index (Phi) is 7.87. The van der Waals surface area contributed by atoms with Gasteiger partial charge in [0.2, 0.25) is 0 Å². The van der Waals surface area contributed by atoms with Crippen molar-refractivity contribution in [3.05, 3.63) is 35.4 Å². The van der Waals surface area contributed by atoms with Crippen molar-refractivity contribution >= 4 is 43.4 Å². The number of halogens is 7. The smallest absolute Gasteiger partial charge is 0.417 e. The molecule has 2 aromatic heterocycles. The van der Waals surface area contributed by atoms with Gasteiger partial charge in [-0.25, -0.2) is 22.5 Å². The monoisotopic (exact) mass is 709 g/mol. The Balaban J connectivity index is 1.31. The normalized spacial score (nSPS) is 27.6. The van der Waals surface area contributed by atoms with Crippen LogP contribution in [0.1, 0.15) is 51.0 Å². The molecule has 0 spiro atoms. The van der Waals surface area contributed by atoms with Crippen LogP contribution in [0.25, 0.3) is 32.2 Å². The maximum atomic E-state index is 17.0. The average Bonchev–Trinajstić information content (AvgIpc) is 3.85. The minimum absolute atomic E-state index is 0.0234. The summed E-state index contributed by atoms with van der Waals surface area (Å²) < 4.78 is 111. The summed E-state index contributed by atoms with van der Waals surface area (Å²) in [5.74, 6) is -1.96. The summed E-state index contributed by atoms with van der Waals surface area (Å²) in [5.41, 5.74) is 2.18. The van der Waals surface area contributed by atoms with Crippen LogP contribution in [-0.2, 0) is 6.18 Å². The maximum absolute atomic E-state index is 17.0. The fraction of sp³-hybridized carbons (Fsp3) is 0.545. The number of hydrogen-bond donors (Lipinski definition) is 2. The van der Waals surface area contributed by atoms with Gasteiger partial charge in [-0.15, -0.1) is 0 Å². The van der Waals surface area contributed by atoms with Gasteiger partial charge in [-0.1, -0.05) is 11.3 Å². The molecule has 6 atom stereocenters. The first-order valence-electron chi connectivity index (χ1n) is 16.5. The van der Waals surface area contributed by atoms with E-state index in [1.165, 1.54) is 6.92 Å². The molecule has 8 nitrogen and oxygen atoms in total. The van der Waals surface area contributed by atoms with Crippen LogP contribution in [0, 0.1) is 11.6 Å². The van der Waals surface area contributed by atoms with Crippen LogP contribution >= 0.6 is 11.3 Å². The van der Waals surface area contributed by atoms with E-state index in [0.29, 0.717) is 25.8 Å². The third-order valence-electron chi connectivity index (χ3n) is 10.7. The lowest BCUT2D eigenvalue weighted by Crippen LogP contribution is -2.44. The van der Waals surface area contributed by atoms with Crippen molar-refractivity contribution in [3.63, 3.8) is 0 Å². The Labute approximate surface area is 280 Å². The molecule has 262 valence electrons. The van der Waals surface area contributed by atoms with Gasteiger partial charge < -0.3 is 20.7 Å². The van der Waals surface area contributed by atoms with Gasteiger partial charge in [0, 0.05) is 54.1 Å². The number of benzene rings is 2. The highest BCUT2D eigenvalue weighted by Crippen LogP contribution is 2.49. The van der Waals surface area contributed by atoms with Crippen LogP contribution in [0.2, 0.25) is 0 Å². The largest absolute Gasteiger partial charge is 0.461 e. The molecule has 4 aliphatic rings. The second kappa shape index (κ2) is 11.8. The number of anilines is 2. The van der Waals surface area contributed by atoms with Gasteiger partial charge in [-0.3, -0.25) is 4.90 Å². The van der Waals surface area contributed by atoms with Crippen LogP contribution in [0.3, 0.4) is 0 Å². The van der Waals surface area contributed by atoms with Crippen LogP contribution < -0.4 is 20.7 Å². The Hall–Kier alpha value is -3.50. The highest BCUT2D eigenvalue weighted by Gasteiger charge is 2.50. The molecule has 4 fully saturated rings.